The lowest BCUT2D eigenvalue weighted by atomic mass is 9.87. The maximum absolute atomic E-state index is 11.0. The van der Waals surface area contributed by atoms with Crippen LogP contribution in [0.4, 0.5) is 0 Å². The second kappa shape index (κ2) is 12.3. The molecule has 0 spiro atoms. The third-order valence-corrected chi connectivity index (χ3v) is 7.71. The maximum atomic E-state index is 11.0. The van der Waals surface area contributed by atoms with Crippen LogP contribution in [0.3, 0.4) is 0 Å². The molecule has 0 amide bonds. The summed E-state index contributed by atoms with van der Waals surface area (Å²) < 4.78 is 8.03. The molecule has 1 saturated heterocycles. The van der Waals surface area contributed by atoms with Crippen LogP contribution >= 0.6 is 0 Å². The minimum Gasteiger partial charge on any atom is -0.478 e. The summed E-state index contributed by atoms with van der Waals surface area (Å²) in [4.78, 5) is 19.3. The average Bonchev–Trinajstić information content (AvgIpc) is 3.47. The number of hydrogen-bond acceptors (Lipinski definition) is 5. The molecule has 1 aliphatic rings. The lowest BCUT2D eigenvalue weighted by Crippen LogP contribution is -2.18. The standard InChI is InChI=1S/C35H32N4O3/c1-2-31(26-13-11-25(12-14-26)30-20-36-23-37-21-30)35(27-9-6-24(7-10-27)8-17-34(40)41)28-15-16-32-29(19-28)22-38-39(32)33-5-3-4-18-42-33/h6-17,19-23,33H,2-5,18H2,1H3,(H,40,41)/b17-8?,35-31+. The number of carbonyl (C=O) groups is 1. The minimum absolute atomic E-state index is 0.0248. The number of ether oxygens (including phenoxy) is 1. The van der Waals surface area contributed by atoms with Gasteiger partial charge in [0.25, 0.3) is 0 Å². The normalized spacial score (nSPS) is 16.1. The number of fused-ring (bicyclic) bond motifs is 1. The third-order valence-electron chi connectivity index (χ3n) is 7.71. The molecule has 1 aliphatic heterocycles. The minimum atomic E-state index is -0.967. The Hall–Kier alpha value is -4.88. The Morgan fingerprint density at radius 3 is 2.36 bits per heavy atom. The molecule has 3 heterocycles. The summed E-state index contributed by atoms with van der Waals surface area (Å²) in [7, 11) is 0. The van der Waals surface area contributed by atoms with Crippen molar-refractivity contribution in [1.82, 2.24) is 19.7 Å². The molecule has 2 aromatic heterocycles. The van der Waals surface area contributed by atoms with Gasteiger partial charge in [-0.05, 0) is 82.9 Å². The first-order valence-corrected chi connectivity index (χ1v) is 14.3. The molecule has 0 bridgehead atoms. The zero-order valence-corrected chi connectivity index (χ0v) is 23.5. The first-order valence-electron chi connectivity index (χ1n) is 14.3. The van der Waals surface area contributed by atoms with Crippen LogP contribution in [0.2, 0.25) is 0 Å². The highest BCUT2D eigenvalue weighted by Gasteiger charge is 2.20. The molecular weight excluding hydrogens is 524 g/mol. The molecule has 0 radical (unpaired) electrons. The van der Waals surface area contributed by atoms with E-state index in [1.807, 2.05) is 35.4 Å². The molecular formula is C35H32N4O3. The molecule has 42 heavy (non-hydrogen) atoms. The number of nitrogens with zero attached hydrogens (tertiary/aromatic N) is 4. The van der Waals surface area contributed by atoms with E-state index < -0.39 is 5.97 Å². The smallest absolute Gasteiger partial charge is 0.328 e. The fourth-order valence-electron chi connectivity index (χ4n) is 5.64. The van der Waals surface area contributed by atoms with Crippen molar-refractivity contribution in [3.05, 3.63) is 120 Å². The largest absolute Gasteiger partial charge is 0.478 e. The van der Waals surface area contributed by atoms with Crippen molar-refractivity contribution in [1.29, 1.82) is 0 Å². The summed E-state index contributed by atoms with van der Waals surface area (Å²) in [5.41, 5.74) is 9.55. The molecule has 6 rings (SSSR count). The third kappa shape index (κ3) is 5.78. The molecule has 1 atom stereocenters. The Balaban J connectivity index is 1.45. The number of carboxylic acid groups (broad SMARTS) is 1. The van der Waals surface area contributed by atoms with Gasteiger partial charge in [0.1, 0.15) is 6.33 Å². The number of rotatable bonds is 8. The predicted molar refractivity (Wildman–Crippen MR) is 165 cm³/mol. The lowest BCUT2D eigenvalue weighted by molar-refractivity contribution is -0.131. The zero-order valence-electron chi connectivity index (χ0n) is 23.5. The summed E-state index contributed by atoms with van der Waals surface area (Å²) in [6.45, 7) is 2.94. The summed E-state index contributed by atoms with van der Waals surface area (Å²) in [5, 5.41) is 14.8. The van der Waals surface area contributed by atoms with Gasteiger partial charge in [0.15, 0.2) is 6.23 Å². The van der Waals surface area contributed by atoms with Gasteiger partial charge >= 0.3 is 5.97 Å². The summed E-state index contributed by atoms with van der Waals surface area (Å²) in [6, 6.07) is 23.1. The molecule has 0 saturated carbocycles. The molecule has 1 N–H and O–H groups in total. The molecule has 3 aromatic carbocycles. The summed E-state index contributed by atoms with van der Waals surface area (Å²) in [6.07, 6.45) is 13.9. The topological polar surface area (TPSA) is 90.1 Å². The highest BCUT2D eigenvalue weighted by molar-refractivity contribution is 6.00. The van der Waals surface area contributed by atoms with Gasteiger partial charge in [0, 0.05) is 36.0 Å². The van der Waals surface area contributed by atoms with Crippen LogP contribution in [-0.4, -0.2) is 37.4 Å². The second-order valence-corrected chi connectivity index (χ2v) is 10.4. The van der Waals surface area contributed by atoms with E-state index in [1.54, 1.807) is 6.08 Å². The first-order chi connectivity index (χ1) is 20.6. The lowest BCUT2D eigenvalue weighted by Gasteiger charge is -2.23. The van der Waals surface area contributed by atoms with Gasteiger partial charge in [0.05, 0.1) is 11.7 Å². The van der Waals surface area contributed by atoms with Gasteiger partial charge in [-0.15, -0.1) is 0 Å². The van der Waals surface area contributed by atoms with Gasteiger partial charge in [-0.1, -0.05) is 61.5 Å². The first kappa shape index (κ1) is 27.3. The second-order valence-electron chi connectivity index (χ2n) is 10.4. The van der Waals surface area contributed by atoms with E-state index in [4.69, 9.17) is 14.9 Å². The number of allylic oxidation sites excluding steroid dienone is 1. The van der Waals surface area contributed by atoms with Crippen LogP contribution in [0.25, 0.3) is 39.3 Å². The van der Waals surface area contributed by atoms with Gasteiger partial charge < -0.3 is 9.84 Å². The number of aliphatic carboxylic acids is 1. The number of carboxylic acids is 1. The van der Waals surface area contributed by atoms with Gasteiger partial charge in [0.2, 0.25) is 0 Å². The Bertz CT molecular complexity index is 1750. The fraction of sp³-hybridized carbons (Fsp3) is 0.200. The van der Waals surface area contributed by atoms with E-state index in [0.717, 1.165) is 88.2 Å². The zero-order chi connectivity index (χ0) is 28.9. The number of aromatic nitrogens is 4. The quantitative estimate of drug-likeness (QED) is 0.156. The molecule has 1 unspecified atom stereocenters. The van der Waals surface area contributed by atoms with E-state index in [-0.39, 0.29) is 6.23 Å². The Labute approximate surface area is 244 Å². The van der Waals surface area contributed by atoms with E-state index in [0.29, 0.717) is 0 Å². The van der Waals surface area contributed by atoms with E-state index in [9.17, 15) is 4.79 Å². The van der Waals surface area contributed by atoms with Gasteiger partial charge in [-0.25, -0.2) is 19.4 Å². The van der Waals surface area contributed by atoms with Crippen LogP contribution in [0, 0.1) is 0 Å². The van der Waals surface area contributed by atoms with E-state index >= 15 is 0 Å². The number of benzene rings is 3. The van der Waals surface area contributed by atoms with E-state index in [1.165, 1.54) is 11.9 Å². The maximum Gasteiger partial charge on any atom is 0.328 e. The molecule has 5 aromatic rings. The van der Waals surface area contributed by atoms with Crippen molar-refractivity contribution in [2.45, 2.75) is 38.8 Å². The average molecular weight is 557 g/mol. The van der Waals surface area contributed by atoms with Gasteiger partial charge in [-0.2, -0.15) is 5.10 Å². The van der Waals surface area contributed by atoms with E-state index in [2.05, 4.69) is 71.5 Å². The van der Waals surface area contributed by atoms with Crippen molar-refractivity contribution in [2.75, 3.05) is 6.61 Å². The highest BCUT2D eigenvalue weighted by Crippen LogP contribution is 2.37. The van der Waals surface area contributed by atoms with Crippen molar-refractivity contribution >= 4 is 34.1 Å². The van der Waals surface area contributed by atoms with Crippen LogP contribution in [-0.2, 0) is 9.53 Å². The predicted octanol–water partition coefficient (Wildman–Crippen LogP) is 7.66. The Kier molecular flexibility index (Phi) is 8.01. The monoisotopic (exact) mass is 556 g/mol. The van der Waals surface area contributed by atoms with Crippen LogP contribution in [0.5, 0.6) is 0 Å². The van der Waals surface area contributed by atoms with Crippen molar-refractivity contribution in [3.63, 3.8) is 0 Å². The fourth-order valence-corrected chi connectivity index (χ4v) is 5.64. The Morgan fingerprint density at radius 2 is 1.67 bits per heavy atom. The van der Waals surface area contributed by atoms with Crippen LogP contribution in [0.1, 0.15) is 61.1 Å². The van der Waals surface area contributed by atoms with Crippen LogP contribution < -0.4 is 0 Å². The molecule has 0 aliphatic carbocycles. The summed E-state index contributed by atoms with van der Waals surface area (Å²) in [5.74, 6) is -0.967. The van der Waals surface area contributed by atoms with Crippen molar-refractivity contribution in [2.24, 2.45) is 0 Å². The number of hydrogen-bond donors (Lipinski definition) is 1. The molecule has 210 valence electrons. The molecule has 1 fully saturated rings. The molecule has 7 nitrogen and oxygen atoms in total. The molecule has 7 heteroatoms. The van der Waals surface area contributed by atoms with Gasteiger partial charge in [-0.3, -0.25) is 0 Å². The SMILES string of the molecule is CC/C(=C(/c1ccc(C=CC(=O)O)cc1)c1ccc2c(cnn2C2CCCCO2)c1)c1ccc(-c2cncnc2)cc1. The van der Waals surface area contributed by atoms with Crippen LogP contribution in [0.15, 0.2) is 97.7 Å². The Morgan fingerprint density at radius 1 is 0.929 bits per heavy atom. The summed E-state index contributed by atoms with van der Waals surface area (Å²) >= 11 is 0. The van der Waals surface area contributed by atoms with Crippen molar-refractivity contribution in [3.8, 4) is 11.1 Å². The highest BCUT2D eigenvalue weighted by atomic mass is 16.5. The van der Waals surface area contributed by atoms with Crippen molar-refractivity contribution < 1.29 is 14.6 Å².